The van der Waals surface area contributed by atoms with Crippen LogP contribution in [-0.2, 0) is 19.6 Å². The van der Waals surface area contributed by atoms with Gasteiger partial charge in [0.1, 0.15) is 0 Å². The number of likely N-dealkylation sites (tertiary alicyclic amines) is 1. The van der Waals surface area contributed by atoms with Gasteiger partial charge in [0.2, 0.25) is 15.9 Å². The molecule has 0 bridgehead atoms. The van der Waals surface area contributed by atoms with E-state index in [1.807, 2.05) is 18.7 Å². The molecular weight excluding hydrogens is 304 g/mol. The number of amides is 1. The first-order valence-corrected chi connectivity index (χ1v) is 9.62. The summed E-state index contributed by atoms with van der Waals surface area (Å²) in [5.74, 6) is 0.630. The van der Waals surface area contributed by atoms with Crippen LogP contribution in [-0.4, -0.2) is 68.7 Å². The lowest BCUT2D eigenvalue weighted by Crippen LogP contribution is -2.36. The van der Waals surface area contributed by atoms with Crippen molar-refractivity contribution >= 4 is 15.9 Å². The van der Waals surface area contributed by atoms with Gasteiger partial charge in [-0.3, -0.25) is 4.79 Å². The van der Waals surface area contributed by atoms with Gasteiger partial charge in [0.25, 0.3) is 0 Å². The van der Waals surface area contributed by atoms with E-state index in [1.165, 1.54) is 0 Å². The van der Waals surface area contributed by atoms with Crippen molar-refractivity contribution in [3.63, 3.8) is 0 Å². The Morgan fingerprint density at radius 3 is 2.59 bits per heavy atom. The first-order valence-electron chi connectivity index (χ1n) is 8.12. The second-order valence-corrected chi connectivity index (χ2v) is 8.90. The fourth-order valence-electron chi connectivity index (χ4n) is 3.44. The van der Waals surface area contributed by atoms with E-state index >= 15 is 0 Å². The van der Waals surface area contributed by atoms with Crippen LogP contribution in [0.25, 0.3) is 0 Å². The molecule has 0 saturated carbocycles. The molecule has 2 rings (SSSR count). The molecule has 2 atom stereocenters. The molecule has 2 fully saturated rings. The minimum absolute atomic E-state index is 0.138. The van der Waals surface area contributed by atoms with Gasteiger partial charge in [0, 0.05) is 39.7 Å². The standard InChI is InChI=1S/C15H28N2O4S/c1-12(2)10-15(18)16-6-4-13-11-17(8-9-21-3)22(19,20)14(13)5-7-16/h12-14H,4-11H2,1-3H3/t13-,14-/m1/s1. The average molecular weight is 332 g/mol. The fourth-order valence-corrected chi connectivity index (χ4v) is 5.66. The van der Waals surface area contributed by atoms with Gasteiger partial charge in [-0.1, -0.05) is 13.8 Å². The molecule has 0 aromatic rings. The van der Waals surface area contributed by atoms with Crippen molar-refractivity contribution in [1.82, 2.24) is 9.21 Å². The normalized spacial score (nSPS) is 28.6. The molecule has 128 valence electrons. The Bertz CT molecular complexity index is 492. The molecule has 6 nitrogen and oxygen atoms in total. The summed E-state index contributed by atoms with van der Waals surface area (Å²) in [6.45, 7) is 6.73. The highest BCUT2D eigenvalue weighted by molar-refractivity contribution is 7.90. The number of sulfonamides is 1. The molecule has 0 N–H and O–H groups in total. The molecule has 0 aromatic carbocycles. The number of hydrogen-bond donors (Lipinski definition) is 0. The van der Waals surface area contributed by atoms with Crippen LogP contribution in [0.15, 0.2) is 0 Å². The largest absolute Gasteiger partial charge is 0.383 e. The van der Waals surface area contributed by atoms with Gasteiger partial charge in [0.05, 0.1) is 11.9 Å². The zero-order valence-corrected chi connectivity index (χ0v) is 14.6. The fraction of sp³-hybridized carbons (Fsp3) is 0.933. The van der Waals surface area contributed by atoms with E-state index in [0.29, 0.717) is 51.5 Å². The maximum atomic E-state index is 12.6. The molecule has 2 saturated heterocycles. The number of nitrogens with zero attached hydrogens (tertiary/aromatic N) is 2. The molecule has 0 unspecified atom stereocenters. The van der Waals surface area contributed by atoms with Crippen LogP contribution in [0.2, 0.25) is 0 Å². The highest BCUT2D eigenvalue weighted by Crippen LogP contribution is 2.34. The van der Waals surface area contributed by atoms with Gasteiger partial charge in [-0.05, 0) is 24.7 Å². The maximum absolute atomic E-state index is 12.6. The van der Waals surface area contributed by atoms with Crippen LogP contribution < -0.4 is 0 Å². The van der Waals surface area contributed by atoms with Crippen molar-refractivity contribution in [2.75, 3.05) is 39.9 Å². The molecule has 2 aliphatic rings. The first kappa shape index (κ1) is 17.7. The number of rotatable bonds is 5. The van der Waals surface area contributed by atoms with E-state index in [9.17, 15) is 13.2 Å². The Balaban J connectivity index is 2.00. The van der Waals surface area contributed by atoms with E-state index in [0.717, 1.165) is 6.42 Å². The van der Waals surface area contributed by atoms with Crippen LogP contribution >= 0.6 is 0 Å². The number of fused-ring (bicyclic) bond motifs is 1. The van der Waals surface area contributed by atoms with E-state index in [1.54, 1.807) is 11.4 Å². The SMILES string of the molecule is COCCN1C[C@H]2CCN(C(=O)CC(C)C)CC[C@H]2S1(=O)=O. The summed E-state index contributed by atoms with van der Waals surface area (Å²) < 4.78 is 31.8. The van der Waals surface area contributed by atoms with E-state index in [2.05, 4.69) is 0 Å². The predicted octanol–water partition coefficient (Wildman–Crippen LogP) is 0.932. The molecule has 0 aliphatic carbocycles. The number of carbonyl (C=O) groups is 1. The number of carbonyl (C=O) groups excluding carboxylic acids is 1. The second-order valence-electron chi connectivity index (χ2n) is 6.75. The van der Waals surface area contributed by atoms with Gasteiger partial charge in [-0.15, -0.1) is 0 Å². The van der Waals surface area contributed by atoms with E-state index in [-0.39, 0.29) is 17.1 Å². The summed E-state index contributed by atoms with van der Waals surface area (Å²) in [4.78, 5) is 14.1. The lowest BCUT2D eigenvalue weighted by atomic mass is 10.0. The molecule has 2 heterocycles. The Kier molecular flexibility index (Phi) is 5.85. The molecule has 2 aliphatic heterocycles. The quantitative estimate of drug-likeness (QED) is 0.751. The van der Waals surface area contributed by atoms with E-state index < -0.39 is 10.0 Å². The van der Waals surface area contributed by atoms with Crippen molar-refractivity contribution < 1.29 is 17.9 Å². The summed E-state index contributed by atoms with van der Waals surface area (Å²) in [7, 11) is -1.66. The highest BCUT2D eigenvalue weighted by atomic mass is 32.2. The third-order valence-electron chi connectivity index (χ3n) is 4.64. The van der Waals surface area contributed by atoms with Gasteiger partial charge in [0.15, 0.2) is 0 Å². The Labute approximate surface area is 133 Å². The van der Waals surface area contributed by atoms with Gasteiger partial charge >= 0.3 is 0 Å². The molecule has 1 amide bonds. The number of hydrogen-bond acceptors (Lipinski definition) is 4. The summed E-state index contributed by atoms with van der Waals surface area (Å²) in [5, 5.41) is -0.332. The smallest absolute Gasteiger partial charge is 0.222 e. The summed E-state index contributed by atoms with van der Waals surface area (Å²) in [6.07, 6.45) is 1.87. The second kappa shape index (κ2) is 7.27. The molecular formula is C15H28N2O4S. The third kappa shape index (κ3) is 3.81. The average Bonchev–Trinajstić information content (AvgIpc) is 2.60. The highest BCUT2D eigenvalue weighted by Gasteiger charge is 2.46. The first-order chi connectivity index (χ1) is 10.4. The van der Waals surface area contributed by atoms with Crippen LogP contribution in [0.1, 0.15) is 33.1 Å². The Morgan fingerprint density at radius 2 is 1.95 bits per heavy atom. The minimum Gasteiger partial charge on any atom is -0.383 e. The van der Waals surface area contributed by atoms with Crippen LogP contribution in [0.5, 0.6) is 0 Å². The molecule has 0 radical (unpaired) electrons. The van der Waals surface area contributed by atoms with Crippen molar-refractivity contribution in [2.24, 2.45) is 11.8 Å². The van der Waals surface area contributed by atoms with Crippen LogP contribution in [0.3, 0.4) is 0 Å². The summed E-state index contributed by atoms with van der Waals surface area (Å²) >= 11 is 0. The Morgan fingerprint density at radius 1 is 1.27 bits per heavy atom. The zero-order chi connectivity index (χ0) is 16.3. The predicted molar refractivity (Wildman–Crippen MR) is 84.9 cm³/mol. The summed E-state index contributed by atoms with van der Waals surface area (Å²) in [5.41, 5.74) is 0. The van der Waals surface area contributed by atoms with Crippen molar-refractivity contribution in [1.29, 1.82) is 0 Å². The monoisotopic (exact) mass is 332 g/mol. The lowest BCUT2D eigenvalue weighted by molar-refractivity contribution is -0.131. The lowest BCUT2D eigenvalue weighted by Gasteiger charge is -2.23. The Hall–Kier alpha value is -0.660. The molecule has 7 heteroatoms. The third-order valence-corrected chi connectivity index (χ3v) is 7.08. The van der Waals surface area contributed by atoms with E-state index in [4.69, 9.17) is 4.74 Å². The van der Waals surface area contributed by atoms with Crippen LogP contribution in [0.4, 0.5) is 0 Å². The molecule has 0 spiro atoms. The summed E-state index contributed by atoms with van der Waals surface area (Å²) in [6, 6.07) is 0. The number of ether oxygens (including phenoxy) is 1. The molecule has 22 heavy (non-hydrogen) atoms. The van der Waals surface area contributed by atoms with Crippen LogP contribution in [0, 0.1) is 11.8 Å². The van der Waals surface area contributed by atoms with Gasteiger partial charge in [-0.2, -0.15) is 4.31 Å². The molecule has 0 aromatic heterocycles. The topological polar surface area (TPSA) is 66.9 Å². The van der Waals surface area contributed by atoms with Crippen molar-refractivity contribution in [3.05, 3.63) is 0 Å². The minimum atomic E-state index is -3.24. The zero-order valence-electron chi connectivity index (χ0n) is 13.8. The van der Waals surface area contributed by atoms with Gasteiger partial charge in [-0.25, -0.2) is 8.42 Å². The van der Waals surface area contributed by atoms with Crippen molar-refractivity contribution in [3.8, 4) is 0 Å². The van der Waals surface area contributed by atoms with Gasteiger partial charge < -0.3 is 9.64 Å². The number of methoxy groups -OCH3 is 1. The maximum Gasteiger partial charge on any atom is 0.222 e. The van der Waals surface area contributed by atoms with Crippen molar-refractivity contribution in [2.45, 2.75) is 38.4 Å².